The summed E-state index contributed by atoms with van der Waals surface area (Å²) in [5.41, 5.74) is 0.275. The van der Waals surface area contributed by atoms with E-state index in [2.05, 4.69) is 9.62 Å². The number of rotatable bonds is 6. The van der Waals surface area contributed by atoms with Gasteiger partial charge >= 0.3 is 0 Å². The van der Waals surface area contributed by atoms with Crippen molar-refractivity contribution in [3.8, 4) is 11.5 Å². The SMILES string of the molecule is COc1ccc(S(=O)(=O)Nc2ccc(Cl)c(O[C@H]3CCN(C)C3)c2)cc1F. The summed E-state index contributed by atoms with van der Waals surface area (Å²) < 4.78 is 52.0. The van der Waals surface area contributed by atoms with Gasteiger partial charge in [-0.05, 0) is 43.8 Å². The van der Waals surface area contributed by atoms with Gasteiger partial charge in [0.2, 0.25) is 0 Å². The lowest BCUT2D eigenvalue weighted by Crippen LogP contribution is -2.21. The average Bonchev–Trinajstić information content (AvgIpc) is 3.02. The van der Waals surface area contributed by atoms with Gasteiger partial charge in [-0.25, -0.2) is 12.8 Å². The van der Waals surface area contributed by atoms with Gasteiger partial charge in [-0.1, -0.05) is 11.6 Å². The van der Waals surface area contributed by atoms with Crippen molar-refractivity contribution in [2.24, 2.45) is 0 Å². The maximum Gasteiger partial charge on any atom is 0.262 e. The third-order valence-electron chi connectivity index (χ3n) is 4.26. The molecule has 0 spiro atoms. The highest BCUT2D eigenvalue weighted by Crippen LogP contribution is 2.31. The standard InChI is InChI=1S/C18H20ClFN2O4S/c1-22-8-7-13(11-22)26-18-9-12(3-5-15(18)19)21-27(23,24)14-4-6-17(25-2)16(20)10-14/h3-6,9-10,13,21H,7-8,11H2,1-2H3/t13-/m0/s1. The largest absolute Gasteiger partial charge is 0.494 e. The molecule has 27 heavy (non-hydrogen) atoms. The molecule has 146 valence electrons. The number of methoxy groups -OCH3 is 1. The summed E-state index contributed by atoms with van der Waals surface area (Å²) in [6.07, 6.45) is 0.864. The molecule has 0 aliphatic carbocycles. The molecule has 1 atom stereocenters. The van der Waals surface area contributed by atoms with Crippen LogP contribution in [0.15, 0.2) is 41.3 Å². The summed E-state index contributed by atoms with van der Waals surface area (Å²) in [5.74, 6) is -0.387. The zero-order valence-electron chi connectivity index (χ0n) is 14.9. The number of nitrogens with zero attached hydrogens (tertiary/aromatic N) is 1. The molecule has 1 fully saturated rings. The molecule has 0 bridgehead atoms. The summed E-state index contributed by atoms with van der Waals surface area (Å²) in [5, 5.41) is 0.392. The molecule has 1 heterocycles. The number of ether oxygens (including phenoxy) is 2. The molecule has 2 aromatic carbocycles. The molecule has 0 amide bonds. The number of sulfonamides is 1. The Morgan fingerprint density at radius 3 is 2.63 bits per heavy atom. The quantitative estimate of drug-likeness (QED) is 0.784. The summed E-state index contributed by atoms with van der Waals surface area (Å²) >= 11 is 6.17. The first-order valence-electron chi connectivity index (χ1n) is 8.29. The first-order chi connectivity index (χ1) is 12.8. The van der Waals surface area contributed by atoms with Gasteiger partial charge in [-0.2, -0.15) is 0 Å². The number of hydrogen-bond donors (Lipinski definition) is 1. The molecule has 0 radical (unpaired) electrons. The first-order valence-corrected chi connectivity index (χ1v) is 10.2. The van der Waals surface area contributed by atoms with Crippen molar-refractivity contribution in [1.82, 2.24) is 4.90 Å². The number of likely N-dealkylation sites (N-methyl/N-ethyl adjacent to an activating group) is 1. The van der Waals surface area contributed by atoms with E-state index < -0.39 is 15.8 Å². The lowest BCUT2D eigenvalue weighted by molar-refractivity contribution is 0.208. The van der Waals surface area contributed by atoms with Crippen molar-refractivity contribution < 1.29 is 22.3 Å². The Balaban J connectivity index is 1.80. The highest BCUT2D eigenvalue weighted by molar-refractivity contribution is 7.92. The zero-order chi connectivity index (χ0) is 19.6. The van der Waals surface area contributed by atoms with E-state index in [-0.39, 0.29) is 22.4 Å². The van der Waals surface area contributed by atoms with Crippen molar-refractivity contribution in [2.75, 3.05) is 32.0 Å². The van der Waals surface area contributed by atoms with Gasteiger partial charge < -0.3 is 14.4 Å². The predicted molar refractivity (Wildman–Crippen MR) is 102 cm³/mol. The Morgan fingerprint density at radius 2 is 2.00 bits per heavy atom. The first kappa shape index (κ1) is 19.7. The summed E-state index contributed by atoms with van der Waals surface area (Å²) in [4.78, 5) is 1.93. The maximum atomic E-state index is 13.8. The summed E-state index contributed by atoms with van der Waals surface area (Å²) in [6.45, 7) is 1.70. The van der Waals surface area contributed by atoms with Crippen LogP contribution < -0.4 is 14.2 Å². The topological polar surface area (TPSA) is 67.9 Å². The Kier molecular flexibility index (Phi) is 5.78. The van der Waals surface area contributed by atoms with E-state index in [9.17, 15) is 12.8 Å². The number of hydrogen-bond acceptors (Lipinski definition) is 5. The van der Waals surface area contributed by atoms with E-state index in [1.54, 1.807) is 6.07 Å². The average molecular weight is 415 g/mol. The molecule has 0 saturated carbocycles. The van der Waals surface area contributed by atoms with E-state index in [1.165, 1.54) is 31.4 Å². The van der Waals surface area contributed by atoms with Crippen LogP contribution in [0, 0.1) is 5.82 Å². The summed E-state index contributed by atoms with van der Waals surface area (Å²) in [6, 6.07) is 8.04. The van der Waals surface area contributed by atoms with Crippen LogP contribution in [0.5, 0.6) is 11.5 Å². The van der Waals surface area contributed by atoms with Crippen LogP contribution in [0.4, 0.5) is 10.1 Å². The Hall–Kier alpha value is -2.03. The molecular weight excluding hydrogens is 395 g/mol. The smallest absolute Gasteiger partial charge is 0.262 e. The fourth-order valence-corrected chi connectivity index (χ4v) is 4.08. The highest BCUT2D eigenvalue weighted by Gasteiger charge is 2.22. The van der Waals surface area contributed by atoms with Crippen molar-refractivity contribution in [1.29, 1.82) is 0 Å². The van der Waals surface area contributed by atoms with Crippen LogP contribution in [-0.2, 0) is 10.0 Å². The second-order valence-corrected chi connectivity index (χ2v) is 8.43. The van der Waals surface area contributed by atoms with E-state index in [1.807, 2.05) is 7.05 Å². The third-order valence-corrected chi connectivity index (χ3v) is 5.95. The molecular formula is C18H20ClFN2O4S. The van der Waals surface area contributed by atoms with Crippen molar-refractivity contribution in [3.05, 3.63) is 47.2 Å². The Labute approximate surface area is 162 Å². The maximum absolute atomic E-state index is 13.8. The van der Waals surface area contributed by atoms with E-state index >= 15 is 0 Å². The minimum atomic E-state index is -3.98. The fraction of sp³-hybridized carbons (Fsp3) is 0.333. The second-order valence-electron chi connectivity index (χ2n) is 6.34. The molecule has 0 unspecified atom stereocenters. The van der Waals surface area contributed by atoms with Crippen LogP contribution in [-0.4, -0.2) is 46.7 Å². The molecule has 6 nitrogen and oxygen atoms in total. The zero-order valence-corrected chi connectivity index (χ0v) is 16.5. The normalized spacial score (nSPS) is 17.7. The summed E-state index contributed by atoms with van der Waals surface area (Å²) in [7, 11) is -0.668. The minimum absolute atomic E-state index is 0.00459. The van der Waals surface area contributed by atoms with Crippen LogP contribution >= 0.6 is 11.6 Å². The lowest BCUT2D eigenvalue weighted by atomic mass is 10.3. The number of halogens is 2. The lowest BCUT2D eigenvalue weighted by Gasteiger charge is -2.16. The Morgan fingerprint density at radius 1 is 1.22 bits per heavy atom. The van der Waals surface area contributed by atoms with Crippen LogP contribution in [0.3, 0.4) is 0 Å². The molecule has 3 rings (SSSR count). The van der Waals surface area contributed by atoms with Gasteiger partial charge in [0.05, 0.1) is 22.7 Å². The molecule has 1 saturated heterocycles. The predicted octanol–water partition coefficient (Wildman–Crippen LogP) is 3.37. The van der Waals surface area contributed by atoms with Crippen LogP contribution in [0.25, 0.3) is 0 Å². The number of anilines is 1. The number of likely N-dealkylation sites (tertiary alicyclic amines) is 1. The van der Waals surface area contributed by atoms with Gasteiger partial charge in [-0.15, -0.1) is 0 Å². The number of benzene rings is 2. The molecule has 2 aromatic rings. The van der Waals surface area contributed by atoms with Gasteiger partial charge in [0.25, 0.3) is 10.0 Å². The molecule has 9 heteroatoms. The Bertz CT molecular complexity index is 939. The third kappa shape index (κ3) is 4.63. The second kappa shape index (κ2) is 7.92. The van der Waals surface area contributed by atoms with Crippen molar-refractivity contribution >= 4 is 27.3 Å². The molecule has 1 aliphatic heterocycles. The van der Waals surface area contributed by atoms with Crippen LogP contribution in [0.1, 0.15) is 6.42 Å². The van der Waals surface area contributed by atoms with E-state index in [0.29, 0.717) is 10.8 Å². The van der Waals surface area contributed by atoms with E-state index in [4.69, 9.17) is 21.1 Å². The van der Waals surface area contributed by atoms with Gasteiger partial charge in [0, 0.05) is 19.2 Å². The van der Waals surface area contributed by atoms with E-state index in [0.717, 1.165) is 25.6 Å². The molecule has 1 aliphatic rings. The highest BCUT2D eigenvalue weighted by atomic mass is 35.5. The van der Waals surface area contributed by atoms with Crippen molar-refractivity contribution in [2.45, 2.75) is 17.4 Å². The van der Waals surface area contributed by atoms with Crippen molar-refractivity contribution in [3.63, 3.8) is 0 Å². The monoisotopic (exact) mass is 414 g/mol. The van der Waals surface area contributed by atoms with Crippen LogP contribution in [0.2, 0.25) is 5.02 Å². The number of nitrogens with one attached hydrogen (secondary N) is 1. The fourth-order valence-electron chi connectivity index (χ4n) is 2.86. The molecule has 0 aromatic heterocycles. The van der Waals surface area contributed by atoms with Gasteiger partial charge in [-0.3, -0.25) is 4.72 Å². The van der Waals surface area contributed by atoms with Gasteiger partial charge in [0.15, 0.2) is 11.6 Å². The molecule has 1 N–H and O–H groups in total. The van der Waals surface area contributed by atoms with Gasteiger partial charge in [0.1, 0.15) is 11.9 Å². The minimum Gasteiger partial charge on any atom is -0.494 e.